The van der Waals surface area contributed by atoms with Crippen molar-refractivity contribution in [2.24, 2.45) is 4.99 Å². The van der Waals surface area contributed by atoms with Gasteiger partial charge in [0.1, 0.15) is 12.4 Å². The van der Waals surface area contributed by atoms with E-state index in [-0.39, 0.29) is 5.71 Å². The number of fused-ring (bicyclic) bond motifs is 1. The Morgan fingerprint density at radius 1 is 1.69 bits per heavy atom. The zero-order valence-corrected chi connectivity index (χ0v) is 7.88. The van der Waals surface area contributed by atoms with Crippen LogP contribution in [0.1, 0.15) is 0 Å². The zero-order chi connectivity index (χ0) is 9.26. The Labute approximate surface area is 80.3 Å². The summed E-state index contributed by atoms with van der Waals surface area (Å²) in [5.74, 6) is 1.09. The third-order valence-electron chi connectivity index (χ3n) is 2.10. The second kappa shape index (κ2) is 3.41. The van der Waals surface area contributed by atoms with Crippen LogP contribution >= 0.6 is 11.8 Å². The van der Waals surface area contributed by atoms with Crippen molar-refractivity contribution in [2.75, 3.05) is 24.7 Å². The molecule has 2 aliphatic rings. The van der Waals surface area contributed by atoms with Crippen LogP contribution in [0.3, 0.4) is 0 Å². The molecule has 13 heavy (non-hydrogen) atoms. The normalized spacial score (nSPS) is 21.7. The molecule has 0 amide bonds. The summed E-state index contributed by atoms with van der Waals surface area (Å²) in [6, 6.07) is 0. The van der Waals surface area contributed by atoms with Gasteiger partial charge in [-0.3, -0.25) is 4.99 Å². The summed E-state index contributed by atoms with van der Waals surface area (Å²) in [6.45, 7) is 1.49. The highest BCUT2D eigenvalue weighted by atomic mass is 32.2. The molecule has 0 radical (unpaired) electrons. The third-order valence-corrected chi connectivity index (χ3v) is 3.07. The zero-order valence-electron chi connectivity index (χ0n) is 7.06. The molecule has 0 aromatic rings. The first-order valence-electron chi connectivity index (χ1n) is 4.08. The van der Waals surface area contributed by atoms with Crippen LogP contribution in [0.4, 0.5) is 0 Å². The van der Waals surface area contributed by atoms with Gasteiger partial charge in [0, 0.05) is 23.7 Å². The largest absolute Gasteiger partial charge is 0.477 e. The highest BCUT2D eigenvalue weighted by Crippen LogP contribution is 2.21. The Bertz CT molecular complexity index is 299. The van der Waals surface area contributed by atoms with Crippen molar-refractivity contribution in [3.8, 4) is 0 Å². The van der Waals surface area contributed by atoms with Crippen molar-refractivity contribution in [2.45, 2.75) is 0 Å². The molecule has 70 valence electrons. The summed E-state index contributed by atoms with van der Waals surface area (Å²) in [5, 5.41) is 8.73. The van der Waals surface area contributed by atoms with E-state index in [1.165, 1.54) is 0 Å². The van der Waals surface area contributed by atoms with E-state index in [9.17, 15) is 4.79 Å². The highest BCUT2D eigenvalue weighted by Gasteiger charge is 2.20. The molecule has 0 aromatic heterocycles. The number of carboxylic acid groups (broad SMARTS) is 1. The number of nitrogens with zero attached hydrogens (tertiary/aromatic N) is 2. The lowest BCUT2D eigenvalue weighted by atomic mass is 10.2. The Balaban J connectivity index is 2.18. The van der Waals surface area contributed by atoms with Gasteiger partial charge in [-0.25, -0.2) is 4.79 Å². The van der Waals surface area contributed by atoms with Gasteiger partial charge in [-0.2, -0.15) is 11.8 Å². The smallest absolute Gasteiger partial charge is 0.354 e. The van der Waals surface area contributed by atoms with Crippen LogP contribution in [0.15, 0.2) is 16.8 Å². The third kappa shape index (κ3) is 1.70. The predicted molar refractivity (Wildman–Crippen MR) is 52.1 cm³/mol. The standard InChI is InChI=1S/C8H10N2O2S/c11-8(12)7-3-6-4-13-2-1-10(6)5-9-7/h3H,1-2,4-5H2,(H,11,12). The SMILES string of the molecule is O=C(O)C1=NCN2CCSCC2=C1. The average molecular weight is 198 g/mol. The van der Waals surface area contributed by atoms with E-state index in [4.69, 9.17) is 5.11 Å². The van der Waals surface area contributed by atoms with Crippen LogP contribution in [0.5, 0.6) is 0 Å². The van der Waals surface area contributed by atoms with Crippen LogP contribution < -0.4 is 0 Å². The van der Waals surface area contributed by atoms with Crippen molar-refractivity contribution in [1.82, 2.24) is 4.90 Å². The lowest BCUT2D eigenvalue weighted by Crippen LogP contribution is -2.35. The van der Waals surface area contributed by atoms with Gasteiger partial charge >= 0.3 is 5.97 Å². The maximum absolute atomic E-state index is 10.6. The molecule has 4 nitrogen and oxygen atoms in total. The van der Waals surface area contributed by atoms with Gasteiger partial charge in [0.15, 0.2) is 0 Å². The quantitative estimate of drug-likeness (QED) is 0.663. The van der Waals surface area contributed by atoms with Crippen molar-refractivity contribution in [3.05, 3.63) is 11.8 Å². The second-order valence-electron chi connectivity index (χ2n) is 2.94. The van der Waals surface area contributed by atoms with E-state index in [1.807, 2.05) is 11.8 Å². The molecular weight excluding hydrogens is 188 g/mol. The molecule has 0 bridgehead atoms. The van der Waals surface area contributed by atoms with E-state index < -0.39 is 5.97 Å². The number of aliphatic imine (C=N–C) groups is 1. The summed E-state index contributed by atoms with van der Waals surface area (Å²) >= 11 is 1.84. The molecule has 0 aromatic carbocycles. The fourth-order valence-corrected chi connectivity index (χ4v) is 2.34. The van der Waals surface area contributed by atoms with Gasteiger partial charge in [0.25, 0.3) is 0 Å². The minimum absolute atomic E-state index is 0.189. The number of rotatable bonds is 1. The van der Waals surface area contributed by atoms with Gasteiger partial charge in [-0.1, -0.05) is 0 Å². The number of hydrogen-bond donors (Lipinski definition) is 1. The fourth-order valence-electron chi connectivity index (χ4n) is 1.38. The van der Waals surface area contributed by atoms with Crippen molar-refractivity contribution in [1.29, 1.82) is 0 Å². The molecule has 1 N–H and O–H groups in total. The minimum atomic E-state index is -0.928. The van der Waals surface area contributed by atoms with E-state index >= 15 is 0 Å². The lowest BCUT2D eigenvalue weighted by molar-refractivity contribution is -0.129. The molecule has 2 rings (SSSR count). The Hall–Kier alpha value is -0.970. The molecule has 1 saturated heterocycles. The molecule has 0 saturated carbocycles. The number of thioether (sulfide) groups is 1. The van der Waals surface area contributed by atoms with Gasteiger partial charge in [0.05, 0.1) is 0 Å². The van der Waals surface area contributed by atoms with Crippen LogP contribution in [-0.4, -0.2) is 46.4 Å². The molecular formula is C8H10N2O2S. The fraction of sp³-hybridized carbons (Fsp3) is 0.500. The van der Waals surface area contributed by atoms with Crippen molar-refractivity contribution in [3.63, 3.8) is 0 Å². The molecule has 1 fully saturated rings. The van der Waals surface area contributed by atoms with Crippen LogP contribution in [0.25, 0.3) is 0 Å². The van der Waals surface area contributed by atoms with E-state index in [0.717, 1.165) is 23.7 Å². The number of hydrogen-bond acceptors (Lipinski definition) is 4. The summed E-state index contributed by atoms with van der Waals surface area (Å²) in [5.41, 5.74) is 1.29. The van der Waals surface area contributed by atoms with Crippen LogP contribution in [-0.2, 0) is 4.79 Å². The minimum Gasteiger partial charge on any atom is -0.477 e. The first kappa shape index (κ1) is 8.62. The first-order chi connectivity index (χ1) is 6.27. The maximum Gasteiger partial charge on any atom is 0.354 e. The first-order valence-corrected chi connectivity index (χ1v) is 5.24. The topological polar surface area (TPSA) is 52.9 Å². The number of aliphatic carboxylic acids is 1. The van der Waals surface area contributed by atoms with Gasteiger partial charge < -0.3 is 10.0 Å². The maximum atomic E-state index is 10.6. The predicted octanol–water partition coefficient (Wildman–Crippen LogP) is 0.416. The van der Waals surface area contributed by atoms with Crippen molar-refractivity contribution >= 4 is 23.4 Å². The molecule has 0 atom stereocenters. The average Bonchev–Trinajstić information content (AvgIpc) is 2.17. The van der Waals surface area contributed by atoms with E-state index in [0.29, 0.717) is 6.67 Å². The molecule has 0 spiro atoms. The molecule has 0 aliphatic carbocycles. The number of carboxylic acids is 1. The highest BCUT2D eigenvalue weighted by molar-refractivity contribution is 7.99. The van der Waals surface area contributed by atoms with E-state index in [2.05, 4.69) is 9.89 Å². The Morgan fingerprint density at radius 3 is 3.31 bits per heavy atom. The number of carbonyl (C=O) groups is 1. The van der Waals surface area contributed by atoms with Crippen LogP contribution in [0, 0.1) is 0 Å². The second-order valence-corrected chi connectivity index (χ2v) is 4.05. The van der Waals surface area contributed by atoms with Crippen LogP contribution in [0.2, 0.25) is 0 Å². The lowest BCUT2D eigenvalue weighted by Gasteiger charge is -2.32. The summed E-state index contributed by atoms with van der Waals surface area (Å²) in [4.78, 5) is 16.7. The molecule has 2 aliphatic heterocycles. The molecule has 5 heteroatoms. The summed E-state index contributed by atoms with van der Waals surface area (Å²) < 4.78 is 0. The summed E-state index contributed by atoms with van der Waals surface area (Å²) in [6.07, 6.45) is 1.68. The van der Waals surface area contributed by atoms with Gasteiger partial charge in [-0.15, -0.1) is 0 Å². The monoisotopic (exact) mass is 198 g/mol. The molecule has 2 heterocycles. The molecule has 0 unspecified atom stereocenters. The Morgan fingerprint density at radius 2 is 2.54 bits per heavy atom. The summed E-state index contributed by atoms with van der Waals surface area (Å²) in [7, 11) is 0. The van der Waals surface area contributed by atoms with Gasteiger partial charge in [-0.05, 0) is 6.08 Å². The van der Waals surface area contributed by atoms with Gasteiger partial charge in [0.2, 0.25) is 0 Å². The van der Waals surface area contributed by atoms with E-state index in [1.54, 1.807) is 6.08 Å². The van der Waals surface area contributed by atoms with Crippen molar-refractivity contribution < 1.29 is 9.90 Å². The Kier molecular flexibility index (Phi) is 2.26.